The van der Waals surface area contributed by atoms with Crippen molar-refractivity contribution in [3.63, 3.8) is 0 Å². The molecule has 1 amide bonds. The third-order valence-electron chi connectivity index (χ3n) is 4.06. The number of hydrogen-bond donors (Lipinski definition) is 0. The smallest absolute Gasteiger partial charge is 0.343 e. The van der Waals surface area contributed by atoms with Gasteiger partial charge in [-0.05, 0) is 43.2 Å². The molecule has 8 heteroatoms. The number of amides is 1. The lowest BCUT2D eigenvalue weighted by atomic mass is 10.1. The molecule has 0 atom stereocenters. The van der Waals surface area contributed by atoms with Gasteiger partial charge in [0, 0.05) is 30.8 Å². The molecule has 1 aliphatic heterocycles. The number of halogens is 1. The highest BCUT2D eigenvalue weighted by atomic mass is 19.1. The summed E-state index contributed by atoms with van der Waals surface area (Å²) in [5.74, 6) is -2.04. The van der Waals surface area contributed by atoms with Gasteiger partial charge in [-0.25, -0.2) is 9.18 Å². The molecule has 0 aliphatic carbocycles. The van der Waals surface area contributed by atoms with E-state index in [2.05, 4.69) is 0 Å². The summed E-state index contributed by atoms with van der Waals surface area (Å²) in [6.45, 7) is 0.623. The van der Waals surface area contributed by atoms with Crippen LogP contribution in [0.25, 0.3) is 0 Å². The van der Waals surface area contributed by atoms with Gasteiger partial charge in [-0.15, -0.1) is 0 Å². The highest BCUT2D eigenvalue weighted by molar-refractivity contribution is 5.95. The zero-order valence-electron chi connectivity index (χ0n) is 13.7. The number of anilines is 1. The second-order valence-corrected chi connectivity index (χ2v) is 5.81. The van der Waals surface area contributed by atoms with Gasteiger partial charge in [0.2, 0.25) is 11.7 Å². The number of ether oxygens (including phenoxy) is 1. The van der Waals surface area contributed by atoms with Crippen molar-refractivity contribution in [2.45, 2.75) is 19.3 Å². The van der Waals surface area contributed by atoms with Crippen LogP contribution in [0.3, 0.4) is 0 Å². The fraction of sp³-hybridized carbons (Fsp3) is 0.222. The molecule has 0 N–H and O–H groups in total. The molecule has 7 nitrogen and oxygen atoms in total. The largest absolute Gasteiger partial charge is 0.415 e. The van der Waals surface area contributed by atoms with Crippen LogP contribution in [-0.4, -0.2) is 23.3 Å². The highest BCUT2D eigenvalue weighted by Crippen LogP contribution is 2.28. The minimum absolute atomic E-state index is 0.0296. The molecular formula is C18H15FN2O5. The number of piperidine rings is 1. The Labute approximate surface area is 148 Å². The Hall–Kier alpha value is -3.29. The van der Waals surface area contributed by atoms with E-state index in [-0.39, 0.29) is 11.5 Å². The second-order valence-electron chi connectivity index (χ2n) is 5.81. The van der Waals surface area contributed by atoms with E-state index in [4.69, 9.17) is 4.74 Å². The molecule has 0 saturated carbocycles. The average Bonchev–Trinajstić information content (AvgIpc) is 2.62. The van der Waals surface area contributed by atoms with Crippen LogP contribution in [0.1, 0.15) is 29.6 Å². The van der Waals surface area contributed by atoms with Crippen LogP contribution in [0, 0.1) is 15.9 Å². The van der Waals surface area contributed by atoms with Gasteiger partial charge in [0.05, 0.1) is 10.5 Å². The Morgan fingerprint density at radius 1 is 1.15 bits per heavy atom. The first-order chi connectivity index (χ1) is 12.5. The molecule has 0 radical (unpaired) electrons. The first-order valence-corrected chi connectivity index (χ1v) is 8.02. The molecule has 1 aliphatic rings. The standard InChI is InChI=1S/C18H15FN2O5/c19-13-6-9-15(21(24)25)16(11-13)26-18(23)12-4-7-14(8-5-12)20-10-2-1-3-17(20)22/h4-9,11H,1-3,10H2. The summed E-state index contributed by atoms with van der Waals surface area (Å²) < 4.78 is 18.3. The number of nitro benzene ring substituents is 1. The van der Waals surface area contributed by atoms with Crippen LogP contribution in [0.4, 0.5) is 15.8 Å². The number of benzene rings is 2. The van der Waals surface area contributed by atoms with Crippen molar-refractivity contribution in [2.75, 3.05) is 11.4 Å². The SMILES string of the molecule is O=C(Oc1cc(F)ccc1[N+](=O)[O-])c1ccc(N2CCCCC2=O)cc1. The van der Waals surface area contributed by atoms with E-state index in [0.29, 0.717) is 18.7 Å². The van der Waals surface area contributed by atoms with E-state index >= 15 is 0 Å². The summed E-state index contributed by atoms with van der Waals surface area (Å²) in [5.41, 5.74) is 0.301. The van der Waals surface area contributed by atoms with Crippen molar-refractivity contribution in [2.24, 2.45) is 0 Å². The third-order valence-corrected chi connectivity index (χ3v) is 4.06. The van der Waals surface area contributed by atoms with Gasteiger partial charge in [-0.2, -0.15) is 0 Å². The van der Waals surface area contributed by atoms with E-state index in [1.165, 1.54) is 12.1 Å². The zero-order chi connectivity index (χ0) is 18.7. The molecule has 2 aromatic rings. The normalized spacial score (nSPS) is 14.2. The zero-order valence-corrected chi connectivity index (χ0v) is 13.7. The summed E-state index contributed by atoms with van der Waals surface area (Å²) in [7, 11) is 0. The fourth-order valence-electron chi connectivity index (χ4n) is 2.74. The maximum atomic E-state index is 13.3. The number of rotatable bonds is 4. The molecule has 26 heavy (non-hydrogen) atoms. The predicted octanol–water partition coefficient (Wildman–Crippen LogP) is 3.47. The second kappa shape index (κ2) is 7.30. The van der Waals surface area contributed by atoms with Crippen molar-refractivity contribution >= 4 is 23.3 Å². The first-order valence-electron chi connectivity index (χ1n) is 8.02. The summed E-state index contributed by atoms with van der Waals surface area (Å²) in [5, 5.41) is 11.0. The Balaban J connectivity index is 1.78. The number of carbonyl (C=O) groups is 2. The average molecular weight is 358 g/mol. The van der Waals surface area contributed by atoms with Crippen LogP contribution in [0.5, 0.6) is 5.75 Å². The summed E-state index contributed by atoms with van der Waals surface area (Å²) in [4.78, 5) is 36.0. The van der Waals surface area contributed by atoms with E-state index < -0.39 is 28.1 Å². The third kappa shape index (κ3) is 3.69. The fourth-order valence-corrected chi connectivity index (χ4v) is 2.74. The number of nitrogens with zero attached hydrogens (tertiary/aromatic N) is 2. The molecule has 0 unspecified atom stereocenters. The summed E-state index contributed by atoms with van der Waals surface area (Å²) >= 11 is 0. The molecule has 2 aromatic carbocycles. The van der Waals surface area contributed by atoms with Crippen molar-refractivity contribution in [3.05, 3.63) is 64.0 Å². The minimum Gasteiger partial charge on any atom is -0.415 e. The minimum atomic E-state index is -0.852. The molecule has 3 rings (SSSR count). The van der Waals surface area contributed by atoms with Crippen LogP contribution < -0.4 is 9.64 Å². The van der Waals surface area contributed by atoms with Crippen molar-refractivity contribution < 1.29 is 23.6 Å². The van der Waals surface area contributed by atoms with Gasteiger partial charge in [0.1, 0.15) is 5.82 Å². The summed E-state index contributed by atoms with van der Waals surface area (Å²) in [6, 6.07) is 8.79. The predicted molar refractivity (Wildman–Crippen MR) is 90.7 cm³/mol. The lowest BCUT2D eigenvalue weighted by Crippen LogP contribution is -2.35. The maximum Gasteiger partial charge on any atom is 0.343 e. The molecule has 0 bridgehead atoms. The van der Waals surface area contributed by atoms with Crippen LogP contribution >= 0.6 is 0 Å². The number of hydrogen-bond acceptors (Lipinski definition) is 5. The van der Waals surface area contributed by atoms with E-state index in [1.54, 1.807) is 17.0 Å². The van der Waals surface area contributed by atoms with Gasteiger partial charge >= 0.3 is 11.7 Å². The lowest BCUT2D eigenvalue weighted by molar-refractivity contribution is -0.385. The number of carbonyl (C=O) groups excluding carboxylic acids is 2. The van der Waals surface area contributed by atoms with Crippen LogP contribution in [0.2, 0.25) is 0 Å². The Bertz CT molecular complexity index is 866. The Morgan fingerprint density at radius 2 is 1.88 bits per heavy atom. The highest BCUT2D eigenvalue weighted by Gasteiger charge is 2.22. The molecule has 1 heterocycles. The molecule has 1 fully saturated rings. The van der Waals surface area contributed by atoms with E-state index in [0.717, 1.165) is 31.0 Å². The Kier molecular flexibility index (Phi) is 4.92. The van der Waals surface area contributed by atoms with Crippen molar-refractivity contribution in [1.82, 2.24) is 0 Å². The van der Waals surface area contributed by atoms with Gasteiger partial charge in [0.15, 0.2) is 0 Å². The topological polar surface area (TPSA) is 89.8 Å². The summed E-state index contributed by atoms with van der Waals surface area (Å²) in [6.07, 6.45) is 2.28. The molecule has 134 valence electrons. The van der Waals surface area contributed by atoms with Gasteiger partial charge < -0.3 is 9.64 Å². The number of nitro groups is 1. The van der Waals surface area contributed by atoms with Crippen molar-refractivity contribution in [3.8, 4) is 5.75 Å². The van der Waals surface area contributed by atoms with Crippen molar-refractivity contribution in [1.29, 1.82) is 0 Å². The quantitative estimate of drug-likeness (QED) is 0.361. The maximum absolute atomic E-state index is 13.3. The molecule has 0 aromatic heterocycles. The first kappa shape index (κ1) is 17.5. The van der Waals surface area contributed by atoms with Gasteiger partial charge in [0.25, 0.3) is 0 Å². The molecule has 0 spiro atoms. The lowest BCUT2D eigenvalue weighted by Gasteiger charge is -2.26. The Morgan fingerprint density at radius 3 is 2.54 bits per heavy atom. The molecule has 1 saturated heterocycles. The molecular weight excluding hydrogens is 343 g/mol. The van der Waals surface area contributed by atoms with E-state index in [1.807, 2.05) is 0 Å². The van der Waals surface area contributed by atoms with E-state index in [9.17, 15) is 24.1 Å². The van der Waals surface area contributed by atoms with Gasteiger partial charge in [-0.3, -0.25) is 14.9 Å². The number of esters is 1. The van der Waals surface area contributed by atoms with Gasteiger partial charge in [-0.1, -0.05) is 0 Å². The van der Waals surface area contributed by atoms with Crippen LogP contribution in [-0.2, 0) is 4.79 Å². The van der Waals surface area contributed by atoms with Crippen LogP contribution in [0.15, 0.2) is 42.5 Å². The monoisotopic (exact) mass is 358 g/mol.